The summed E-state index contributed by atoms with van der Waals surface area (Å²) in [5.74, 6) is -0.924. The molecule has 1 aliphatic rings. The van der Waals surface area contributed by atoms with E-state index in [-0.39, 0.29) is 22.5 Å². The summed E-state index contributed by atoms with van der Waals surface area (Å²) in [6, 6.07) is 2.55. The van der Waals surface area contributed by atoms with Gasteiger partial charge in [-0.1, -0.05) is 13.3 Å². The molecule has 1 aromatic carbocycles. The molecule has 0 radical (unpaired) electrons. The molecule has 2 rings (SSSR count). The summed E-state index contributed by atoms with van der Waals surface area (Å²) in [5.41, 5.74) is -0.0418. The fourth-order valence-corrected chi connectivity index (χ4v) is 2.88. The lowest BCUT2D eigenvalue weighted by Crippen LogP contribution is -2.25. The standard InChI is InChI=1S/C14H16BrF2NO/c1-2-3-9-6-13(19)18(7-9)8-10-12(16)5-4-11(15)14(10)17/h4-5,9H,2-3,6-8H2,1H3. The van der Waals surface area contributed by atoms with Gasteiger partial charge in [0.2, 0.25) is 5.91 Å². The maximum atomic E-state index is 13.9. The van der Waals surface area contributed by atoms with Crippen molar-refractivity contribution in [2.24, 2.45) is 5.92 Å². The zero-order valence-electron chi connectivity index (χ0n) is 10.8. The van der Waals surface area contributed by atoms with Crippen molar-refractivity contribution >= 4 is 21.8 Å². The number of carbonyl (C=O) groups excluding carboxylic acids is 1. The first kappa shape index (κ1) is 14.4. The lowest BCUT2D eigenvalue weighted by Gasteiger charge is -2.18. The number of likely N-dealkylation sites (tertiary alicyclic amines) is 1. The summed E-state index contributed by atoms with van der Waals surface area (Å²) in [6.45, 7) is 2.68. The highest BCUT2D eigenvalue weighted by molar-refractivity contribution is 9.10. The number of rotatable bonds is 4. The maximum absolute atomic E-state index is 13.9. The zero-order valence-corrected chi connectivity index (χ0v) is 12.3. The van der Waals surface area contributed by atoms with Crippen LogP contribution in [0.2, 0.25) is 0 Å². The van der Waals surface area contributed by atoms with Crippen molar-refractivity contribution in [1.29, 1.82) is 0 Å². The third-order valence-electron chi connectivity index (χ3n) is 3.48. The number of carbonyl (C=O) groups is 1. The molecule has 0 N–H and O–H groups in total. The van der Waals surface area contributed by atoms with Gasteiger partial charge in [0.1, 0.15) is 11.6 Å². The molecule has 1 amide bonds. The molecule has 1 fully saturated rings. The van der Waals surface area contributed by atoms with E-state index in [1.165, 1.54) is 12.1 Å². The Morgan fingerprint density at radius 1 is 1.42 bits per heavy atom. The molecule has 1 unspecified atom stereocenters. The maximum Gasteiger partial charge on any atom is 0.223 e. The number of halogens is 3. The largest absolute Gasteiger partial charge is 0.338 e. The minimum atomic E-state index is -0.619. The van der Waals surface area contributed by atoms with Gasteiger partial charge in [0.05, 0.1) is 11.0 Å². The van der Waals surface area contributed by atoms with Gasteiger partial charge in [-0.15, -0.1) is 0 Å². The quantitative estimate of drug-likeness (QED) is 0.767. The van der Waals surface area contributed by atoms with Crippen LogP contribution in [0.4, 0.5) is 8.78 Å². The van der Waals surface area contributed by atoms with Gasteiger partial charge in [-0.25, -0.2) is 8.78 Å². The number of benzene rings is 1. The van der Waals surface area contributed by atoms with Gasteiger partial charge in [-0.2, -0.15) is 0 Å². The Bertz CT molecular complexity index is 493. The number of hydrogen-bond donors (Lipinski definition) is 0. The first-order chi connectivity index (χ1) is 9.02. The molecule has 0 aliphatic carbocycles. The molecular weight excluding hydrogens is 316 g/mol. The summed E-state index contributed by atoms with van der Waals surface area (Å²) >= 11 is 3.04. The van der Waals surface area contributed by atoms with Crippen LogP contribution < -0.4 is 0 Å². The van der Waals surface area contributed by atoms with E-state index in [1.807, 2.05) is 0 Å². The second-order valence-electron chi connectivity index (χ2n) is 4.95. The van der Waals surface area contributed by atoms with Gasteiger partial charge in [-0.3, -0.25) is 4.79 Å². The van der Waals surface area contributed by atoms with E-state index in [0.29, 0.717) is 18.9 Å². The molecule has 1 saturated heterocycles. The average Bonchev–Trinajstić information content (AvgIpc) is 2.71. The third kappa shape index (κ3) is 3.14. The first-order valence-electron chi connectivity index (χ1n) is 6.43. The number of amides is 1. The predicted octanol–water partition coefficient (Wildman–Crippen LogP) is 3.88. The van der Waals surface area contributed by atoms with E-state index in [1.54, 1.807) is 4.90 Å². The highest BCUT2D eigenvalue weighted by atomic mass is 79.9. The molecule has 19 heavy (non-hydrogen) atoms. The third-order valence-corrected chi connectivity index (χ3v) is 4.09. The van der Waals surface area contributed by atoms with Crippen molar-refractivity contribution in [2.45, 2.75) is 32.7 Å². The first-order valence-corrected chi connectivity index (χ1v) is 7.22. The zero-order chi connectivity index (χ0) is 14.0. The Morgan fingerprint density at radius 3 is 2.84 bits per heavy atom. The summed E-state index contributed by atoms with van der Waals surface area (Å²) in [4.78, 5) is 13.4. The monoisotopic (exact) mass is 331 g/mol. The van der Waals surface area contributed by atoms with Crippen LogP contribution in [-0.4, -0.2) is 17.4 Å². The van der Waals surface area contributed by atoms with Crippen LogP contribution >= 0.6 is 15.9 Å². The molecule has 0 bridgehead atoms. The van der Waals surface area contributed by atoms with Gasteiger partial charge in [0.25, 0.3) is 0 Å². The lowest BCUT2D eigenvalue weighted by atomic mass is 10.0. The summed E-state index contributed by atoms with van der Waals surface area (Å²) in [5, 5.41) is 0. The van der Waals surface area contributed by atoms with E-state index in [4.69, 9.17) is 0 Å². The molecule has 0 aromatic heterocycles. The average molecular weight is 332 g/mol. The van der Waals surface area contributed by atoms with Crippen molar-refractivity contribution < 1.29 is 13.6 Å². The van der Waals surface area contributed by atoms with E-state index >= 15 is 0 Å². The van der Waals surface area contributed by atoms with Crippen LogP contribution in [0, 0.1) is 17.6 Å². The second-order valence-corrected chi connectivity index (χ2v) is 5.81. The van der Waals surface area contributed by atoms with Gasteiger partial charge < -0.3 is 4.90 Å². The van der Waals surface area contributed by atoms with E-state index in [9.17, 15) is 13.6 Å². The molecule has 1 aromatic rings. The summed E-state index contributed by atoms with van der Waals surface area (Å²) in [6.07, 6.45) is 2.49. The molecule has 1 aliphatic heterocycles. The molecule has 1 atom stereocenters. The van der Waals surface area contributed by atoms with Gasteiger partial charge in [0.15, 0.2) is 0 Å². The minimum Gasteiger partial charge on any atom is -0.338 e. The van der Waals surface area contributed by atoms with Gasteiger partial charge >= 0.3 is 0 Å². The molecule has 2 nitrogen and oxygen atoms in total. The normalized spacial score (nSPS) is 19.3. The lowest BCUT2D eigenvalue weighted by molar-refractivity contribution is -0.128. The Kier molecular flexibility index (Phi) is 4.55. The van der Waals surface area contributed by atoms with Crippen LogP contribution in [0.5, 0.6) is 0 Å². The van der Waals surface area contributed by atoms with Crippen LogP contribution in [-0.2, 0) is 11.3 Å². The second kappa shape index (κ2) is 5.99. The molecular formula is C14H16BrF2NO. The molecule has 0 spiro atoms. The van der Waals surface area contributed by atoms with Crippen molar-refractivity contribution in [3.05, 3.63) is 33.8 Å². The Labute approximate surface area is 119 Å². The fourth-order valence-electron chi connectivity index (χ4n) is 2.51. The topological polar surface area (TPSA) is 20.3 Å². The van der Waals surface area contributed by atoms with Crippen molar-refractivity contribution in [3.8, 4) is 0 Å². The van der Waals surface area contributed by atoms with Crippen LogP contribution in [0.3, 0.4) is 0 Å². The smallest absolute Gasteiger partial charge is 0.223 e. The van der Waals surface area contributed by atoms with Crippen LogP contribution in [0.15, 0.2) is 16.6 Å². The molecule has 104 valence electrons. The highest BCUT2D eigenvalue weighted by Crippen LogP contribution is 2.27. The molecule has 5 heteroatoms. The summed E-state index contributed by atoms with van der Waals surface area (Å²) < 4.78 is 27.7. The highest BCUT2D eigenvalue weighted by Gasteiger charge is 2.30. The SMILES string of the molecule is CCCC1CC(=O)N(Cc2c(F)ccc(Br)c2F)C1. The number of nitrogens with zero attached hydrogens (tertiary/aromatic N) is 1. The van der Waals surface area contributed by atoms with Crippen LogP contribution in [0.25, 0.3) is 0 Å². The summed E-state index contributed by atoms with van der Waals surface area (Å²) in [7, 11) is 0. The Morgan fingerprint density at radius 2 is 2.16 bits per heavy atom. The number of hydrogen-bond acceptors (Lipinski definition) is 1. The van der Waals surface area contributed by atoms with Crippen LogP contribution in [0.1, 0.15) is 31.7 Å². The van der Waals surface area contributed by atoms with E-state index < -0.39 is 11.6 Å². The van der Waals surface area contributed by atoms with E-state index in [0.717, 1.165) is 12.8 Å². The minimum absolute atomic E-state index is 0.0101. The van der Waals surface area contributed by atoms with Gasteiger partial charge in [0, 0.05) is 18.5 Å². The Balaban J connectivity index is 2.14. The molecule has 0 saturated carbocycles. The predicted molar refractivity (Wildman–Crippen MR) is 72.5 cm³/mol. The van der Waals surface area contributed by atoms with Crippen molar-refractivity contribution in [1.82, 2.24) is 4.90 Å². The van der Waals surface area contributed by atoms with E-state index in [2.05, 4.69) is 22.9 Å². The van der Waals surface area contributed by atoms with Gasteiger partial charge in [-0.05, 0) is 40.4 Å². The Hall–Kier alpha value is -0.970. The van der Waals surface area contributed by atoms with Crippen molar-refractivity contribution in [2.75, 3.05) is 6.54 Å². The van der Waals surface area contributed by atoms with Crippen molar-refractivity contribution in [3.63, 3.8) is 0 Å². The fraction of sp³-hybridized carbons (Fsp3) is 0.500. The molecule has 1 heterocycles.